The minimum absolute atomic E-state index is 0.0862. The van der Waals surface area contributed by atoms with Gasteiger partial charge in [-0.3, -0.25) is 5.43 Å². The lowest BCUT2D eigenvalue weighted by molar-refractivity contribution is 0.317. The first kappa shape index (κ1) is 15.8. The molecule has 0 atom stereocenters. The van der Waals surface area contributed by atoms with Crippen molar-refractivity contribution in [3.05, 3.63) is 46.4 Å². The highest BCUT2D eigenvalue weighted by atomic mass is 79.9. The minimum Gasteiger partial charge on any atom is -0.503 e. The van der Waals surface area contributed by atoms with E-state index in [0.29, 0.717) is 16.8 Å². The summed E-state index contributed by atoms with van der Waals surface area (Å²) < 4.78 is 7.06. The standard InChI is InChI=1S/C16H14BrN3O2S/c1-2-22-13-8-10(7-11(17)15(13)21)9-18-20-16-19-12-5-3-4-6-14(12)23-16/h3-9,21H,2H2,1H3,(H,19,20). The highest BCUT2D eigenvalue weighted by molar-refractivity contribution is 9.10. The molecule has 118 valence electrons. The van der Waals surface area contributed by atoms with Crippen molar-refractivity contribution in [2.24, 2.45) is 5.10 Å². The molecule has 0 saturated heterocycles. The monoisotopic (exact) mass is 391 g/mol. The molecular formula is C16H14BrN3O2S. The third-order valence-electron chi connectivity index (χ3n) is 3.02. The van der Waals surface area contributed by atoms with Gasteiger partial charge in [0.1, 0.15) is 0 Å². The number of aromatic nitrogens is 1. The number of hydrogen-bond acceptors (Lipinski definition) is 6. The Morgan fingerprint density at radius 3 is 3.00 bits per heavy atom. The second-order valence-corrected chi connectivity index (χ2v) is 6.52. The highest BCUT2D eigenvalue weighted by Gasteiger charge is 2.08. The van der Waals surface area contributed by atoms with Gasteiger partial charge < -0.3 is 9.84 Å². The van der Waals surface area contributed by atoms with Gasteiger partial charge in [0.2, 0.25) is 5.13 Å². The summed E-state index contributed by atoms with van der Waals surface area (Å²) >= 11 is 4.84. The van der Waals surface area contributed by atoms with Crippen LogP contribution in [0.15, 0.2) is 46.0 Å². The number of phenolic OH excluding ortho intramolecular Hbond substituents is 1. The van der Waals surface area contributed by atoms with Crippen LogP contribution in [0.4, 0.5) is 5.13 Å². The maximum absolute atomic E-state index is 9.90. The Hall–Kier alpha value is -2.12. The smallest absolute Gasteiger partial charge is 0.204 e. The lowest BCUT2D eigenvalue weighted by Crippen LogP contribution is -1.95. The quantitative estimate of drug-likeness (QED) is 0.492. The van der Waals surface area contributed by atoms with Crippen LogP contribution in [0, 0.1) is 0 Å². The number of nitrogens with zero attached hydrogens (tertiary/aromatic N) is 2. The summed E-state index contributed by atoms with van der Waals surface area (Å²) in [6.07, 6.45) is 1.65. The molecule has 0 amide bonds. The third-order valence-corrected chi connectivity index (χ3v) is 4.56. The number of aromatic hydroxyl groups is 1. The van der Waals surface area contributed by atoms with E-state index < -0.39 is 0 Å². The maximum Gasteiger partial charge on any atom is 0.204 e. The molecule has 0 bridgehead atoms. The fraction of sp³-hybridized carbons (Fsp3) is 0.125. The van der Waals surface area contributed by atoms with Gasteiger partial charge in [-0.2, -0.15) is 5.10 Å². The molecule has 3 rings (SSSR count). The number of halogens is 1. The Morgan fingerprint density at radius 1 is 1.39 bits per heavy atom. The summed E-state index contributed by atoms with van der Waals surface area (Å²) in [5.41, 5.74) is 4.67. The molecule has 3 aromatic rings. The zero-order valence-corrected chi connectivity index (χ0v) is 14.7. The summed E-state index contributed by atoms with van der Waals surface area (Å²) in [7, 11) is 0. The van der Waals surface area contributed by atoms with Gasteiger partial charge >= 0.3 is 0 Å². The predicted molar refractivity (Wildman–Crippen MR) is 97.8 cm³/mol. The molecule has 0 saturated carbocycles. The first-order chi connectivity index (χ1) is 11.2. The molecule has 0 fully saturated rings. The van der Waals surface area contributed by atoms with Crippen molar-refractivity contribution in [3.8, 4) is 11.5 Å². The molecule has 23 heavy (non-hydrogen) atoms. The molecule has 0 spiro atoms. The molecule has 0 aliphatic rings. The number of para-hydroxylation sites is 1. The molecule has 0 aliphatic carbocycles. The third kappa shape index (κ3) is 3.62. The van der Waals surface area contributed by atoms with Crippen molar-refractivity contribution < 1.29 is 9.84 Å². The SMILES string of the molecule is CCOc1cc(C=NNc2nc3ccccc3s2)cc(Br)c1O. The summed E-state index contributed by atoms with van der Waals surface area (Å²) in [5.74, 6) is 0.506. The van der Waals surface area contributed by atoms with Gasteiger partial charge in [-0.15, -0.1) is 0 Å². The molecule has 2 N–H and O–H groups in total. The fourth-order valence-corrected chi connectivity index (χ4v) is 3.29. The van der Waals surface area contributed by atoms with E-state index in [4.69, 9.17) is 4.74 Å². The van der Waals surface area contributed by atoms with Crippen LogP contribution >= 0.6 is 27.3 Å². The molecule has 5 nitrogen and oxygen atoms in total. The largest absolute Gasteiger partial charge is 0.503 e. The average Bonchev–Trinajstić information content (AvgIpc) is 2.95. The Kier molecular flexibility index (Phi) is 4.78. The Bertz CT molecular complexity index is 831. The number of ether oxygens (including phenoxy) is 1. The fourth-order valence-electron chi connectivity index (χ4n) is 2.02. The molecule has 0 aliphatic heterocycles. The lowest BCUT2D eigenvalue weighted by Gasteiger charge is -2.08. The molecule has 0 radical (unpaired) electrons. The number of benzene rings is 2. The van der Waals surface area contributed by atoms with Gasteiger partial charge in [0.25, 0.3) is 0 Å². The van der Waals surface area contributed by atoms with E-state index in [1.165, 1.54) is 11.3 Å². The second-order valence-electron chi connectivity index (χ2n) is 4.64. The molecule has 7 heteroatoms. The Labute approximate surface area is 145 Å². The van der Waals surface area contributed by atoms with Gasteiger partial charge in [0.05, 0.1) is 27.5 Å². The van der Waals surface area contributed by atoms with E-state index in [-0.39, 0.29) is 5.75 Å². The van der Waals surface area contributed by atoms with Gasteiger partial charge in [-0.1, -0.05) is 23.5 Å². The molecule has 1 heterocycles. The molecular weight excluding hydrogens is 378 g/mol. The number of hydrogen-bond donors (Lipinski definition) is 2. The first-order valence-corrected chi connectivity index (χ1v) is 8.58. The van der Waals surface area contributed by atoms with Crippen LogP contribution < -0.4 is 10.2 Å². The van der Waals surface area contributed by atoms with E-state index >= 15 is 0 Å². The van der Waals surface area contributed by atoms with Crippen LogP contribution in [0.2, 0.25) is 0 Å². The van der Waals surface area contributed by atoms with Crippen molar-refractivity contribution in [1.29, 1.82) is 0 Å². The number of fused-ring (bicyclic) bond motifs is 1. The van der Waals surface area contributed by atoms with Gasteiger partial charge in [0, 0.05) is 0 Å². The number of hydrazone groups is 1. The van der Waals surface area contributed by atoms with Crippen molar-refractivity contribution in [2.45, 2.75) is 6.92 Å². The Morgan fingerprint density at radius 2 is 2.22 bits per heavy atom. The summed E-state index contributed by atoms with van der Waals surface area (Å²) in [4.78, 5) is 4.44. The van der Waals surface area contributed by atoms with E-state index in [0.717, 1.165) is 20.9 Å². The van der Waals surface area contributed by atoms with E-state index in [2.05, 4.69) is 31.4 Å². The minimum atomic E-state index is 0.0862. The van der Waals surface area contributed by atoms with Crippen molar-refractivity contribution in [1.82, 2.24) is 4.98 Å². The van der Waals surface area contributed by atoms with Crippen LogP contribution in [0.5, 0.6) is 11.5 Å². The van der Waals surface area contributed by atoms with Crippen molar-refractivity contribution in [2.75, 3.05) is 12.0 Å². The number of thiazole rings is 1. The topological polar surface area (TPSA) is 66.7 Å². The summed E-state index contributed by atoms with van der Waals surface area (Å²) in [6, 6.07) is 11.4. The van der Waals surface area contributed by atoms with Crippen molar-refractivity contribution >= 4 is 48.8 Å². The zero-order valence-electron chi connectivity index (χ0n) is 12.3. The van der Waals surface area contributed by atoms with Crippen LogP contribution in [0.3, 0.4) is 0 Å². The molecule has 0 unspecified atom stereocenters. The molecule has 2 aromatic carbocycles. The summed E-state index contributed by atoms with van der Waals surface area (Å²) in [6.45, 7) is 2.34. The number of phenols is 1. The van der Waals surface area contributed by atoms with E-state index in [1.54, 1.807) is 18.3 Å². The van der Waals surface area contributed by atoms with Gasteiger partial charge in [-0.05, 0) is 52.7 Å². The first-order valence-electron chi connectivity index (χ1n) is 6.97. The van der Waals surface area contributed by atoms with Crippen molar-refractivity contribution in [3.63, 3.8) is 0 Å². The van der Waals surface area contributed by atoms with Crippen LogP contribution in [-0.2, 0) is 0 Å². The average molecular weight is 392 g/mol. The van der Waals surface area contributed by atoms with Crippen LogP contribution in [-0.4, -0.2) is 22.9 Å². The van der Waals surface area contributed by atoms with Gasteiger partial charge in [0.15, 0.2) is 11.5 Å². The number of nitrogens with one attached hydrogen (secondary N) is 1. The van der Waals surface area contributed by atoms with Crippen LogP contribution in [0.1, 0.15) is 12.5 Å². The van der Waals surface area contributed by atoms with E-state index in [1.807, 2.05) is 31.2 Å². The second kappa shape index (κ2) is 6.97. The number of rotatable bonds is 5. The van der Waals surface area contributed by atoms with Crippen LogP contribution in [0.25, 0.3) is 10.2 Å². The normalized spacial score (nSPS) is 11.2. The van der Waals surface area contributed by atoms with Gasteiger partial charge in [-0.25, -0.2) is 4.98 Å². The lowest BCUT2D eigenvalue weighted by atomic mass is 10.2. The maximum atomic E-state index is 9.90. The Balaban J connectivity index is 1.77. The molecule has 1 aromatic heterocycles. The number of anilines is 1. The zero-order chi connectivity index (χ0) is 16.2. The van der Waals surface area contributed by atoms with E-state index in [9.17, 15) is 5.11 Å². The predicted octanol–water partition coefficient (Wildman–Crippen LogP) is 4.61. The summed E-state index contributed by atoms with van der Waals surface area (Å²) in [5, 5.41) is 14.8. The highest BCUT2D eigenvalue weighted by Crippen LogP contribution is 2.35.